The van der Waals surface area contributed by atoms with Crippen LogP contribution >= 0.6 is 0 Å². The Hall–Kier alpha value is -1.02. The molecule has 0 amide bonds. The molecule has 106 valence electrons. The van der Waals surface area contributed by atoms with Crippen molar-refractivity contribution < 1.29 is 4.74 Å². The van der Waals surface area contributed by atoms with Crippen molar-refractivity contribution in [2.75, 3.05) is 13.7 Å². The van der Waals surface area contributed by atoms with Gasteiger partial charge in [0.1, 0.15) is 5.75 Å². The highest BCUT2D eigenvalue weighted by Crippen LogP contribution is 2.37. The van der Waals surface area contributed by atoms with E-state index in [9.17, 15) is 0 Å². The van der Waals surface area contributed by atoms with Crippen LogP contribution in [0.3, 0.4) is 0 Å². The van der Waals surface area contributed by atoms with E-state index in [0.29, 0.717) is 5.92 Å². The van der Waals surface area contributed by atoms with Gasteiger partial charge < -0.3 is 10.5 Å². The van der Waals surface area contributed by atoms with Crippen molar-refractivity contribution in [3.8, 4) is 5.75 Å². The van der Waals surface area contributed by atoms with Crippen molar-refractivity contribution in [2.45, 2.75) is 57.3 Å². The SMILES string of the molecule is COc1ccc(C2CCCCC2)cc1C(C)CCN. The molecule has 2 nitrogen and oxygen atoms in total. The van der Waals surface area contributed by atoms with E-state index in [0.717, 1.165) is 24.6 Å². The Morgan fingerprint density at radius 3 is 2.63 bits per heavy atom. The standard InChI is InChI=1S/C17H27NO/c1-13(10-11-18)16-12-15(8-9-17(16)19-2)14-6-4-3-5-7-14/h8-9,12-14H,3-7,10-11,18H2,1-2H3. The minimum Gasteiger partial charge on any atom is -0.496 e. The van der Waals surface area contributed by atoms with Crippen LogP contribution in [0.25, 0.3) is 0 Å². The number of nitrogens with two attached hydrogens (primary N) is 1. The van der Waals surface area contributed by atoms with E-state index in [1.807, 2.05) is 0 Å². The molecular weight excluding hydrogens is 234 g/mol. The van der Waals surface area contributed by atoms with Gasteiger partial charge in [-0.25, -0.2) is 0 Å². The topological polar surface area (TPSA) is 35.2 Å². The van der Waals surface area contributed by atoms with Crippen LogP contribution < -0.4 is 10.5 Å². The maximum atomic E-state index is 5.70. The van der Waals surface area contributed by atoms with Crippen LogP contribution in [0.4, 0.5) is 0 Å². The van der Waals surface area contributed by atoms with Gasteiger partial charge in [-0.1, -0.05) is 38.3 Å². The van der Waals surface area contributed by atoms with E-state index in [1.165, 1.54) is 43.2 Å². The molecule has 0 bridgehead atoms. The molecule has 1 aliphatic carbocycles. The summed E-state index contributed by atoms with van der Waals surface area (Å²) in [6.07, 6.45) is 7.87. The molecule has 19 heavy (non-hydrogen) atoms. The molecule has 1 atom stereocenters. The summed E-state index contributed by atoms with van der Waals surface area (Å²) in [5.41, 5.74) is 8.53. The molecule has 0 heterocycles. The Labute approximate surface area is 117 Å². The number of benzene rings is 1. The molecule has 1 aliphatic rings. The van der Waals surface area contributed by atoms with E-state index < -0.39 is 0 Å². The molecular formula is C17H27NO. The quantitative estimate of drug-likeness (QED) is 0.862. The lowest BCUT2D eigenvalue weighted by molar-refractivity contribution is 0.403. The van der Waals surface area contributed by atoms with Gasteiger partial charge in [0, 0.05) is 0 Å². The van der Waals surface area contributed by atoms with E-state index in [1.54, 1.807) is 7.11 Å². The van der Waals surface area contributed by atoms with Crippen molar-refractivity contribution >= 4 is 0 Å². The van der Waals surface area contributed by atoms with Crippen LogP contribution in [0, 0.1) is 0 Å². The largest absolute Gasteiger partial charge is 0.496 e. The summed E-state index contributed by atoms with van der Waals surface area (Å²) in [6, 6.07) is 6.77. The molecule has 2 rings (SSSR count). The Kier molecular flexibility index (Phi) is 5.26. The van der Waals surface area contributed by atoms with Crippen molar-refractivity contribution in [1.82, 2.24) is 0 Å². The minimum atomic E-state index is 0.475. The Bertz CT molecular complexity index is 396. The Balaban J connectivity index is 2.23. The first kappa shape index (κ1) is 14.4. The molecule has 0 aromatic heterocycles. The summed E-state index contributed by atoms with van der Waals surface area (Å²) < 4.78 is 5.51. The molecule has 1 fully saturated rings. The third kappa shape index (κ3) is 3.50. The predicted octanol–water partition coefficient (Wildman–Crippen LogP) is 4.20. The zero-order valence-corrected chi connectivity index (χ0v) is 12.3. The highest BCUT2D eigenvalue weighted by atomic mass is 16.5. The second-order valence-electron chi connectivity index (χ2n) is 5.81. The number of methoxy groups -OCH3 is 1. The summed E-state index contributed by atoms with van der Waals surface area (Å²) in [7, 11) is 1.76. The Morgan fingerprint density at radius 2 is 2.00 bits per heavy atom. The molecule has 0 radical (unpaired) electrons. The molecule has 0 aliphatic heterocycles. The number of ether oxygens (including phenoxy) is 1. The summed E-state index contributed by atoms with van der Waals surface area (Å²) in [5, 5.41) is 0. The summed E-state index contributed by atoms with van der Waals surface area (Å²) in [5.74, 6) is 2.24. The fourth-order valence-electron chi connectivity index (χ4n) is 3.23. The van der Waals surface area contributed by atoms with E-state index in [-0.39, 0.29) is 0 Å². The van der Waals surface area contributed by atoms with Crippen molar-refractivity contribution in [1.29, 1.82) is 0 Å². The average molecular weight is 261 g/mol. The maximum absolute atomic E-state index is 5.70. The summed E-state index contributed by atoms with van der Waals surface area (Å²) >= 11 is 0. The highest BCUT2D eigenvalue weighted by molar-refractivity contribution is 5.40. The van der Waals surface area contributed by atoms with Crippen LogP contribution in [0.1, 0.15) is 68.4 Å². The van der Waals surface area contributed by atoms with Crippen LogP contribution in [-0.2, 0) is 0 Å². The predicted molar refractivity (Wildman–Crippen MR) is 80.9 cm³/mol. The van der Waals surface area contributed by atoms with Gasteiger partial charge in [0.15, 0.2) is 0 Å². The molecule has 1 saturated carbocycles. The Morgan fingerprint density at radius 1 is 1.26 bits per heavy atom. The molecule has 2 heteroatoms. The van der Waals surface area contributed by atoms with Crippen molar-refractivity contribution in [3.05, 3.63) is 29.3 Å². The fourth-order valence-corrected chi connectivity index (χ4v) is 3.23. The summed E-state index contributed by atoms with van der Waals surface area (Å²) in [6.45, 7) is 2.98. The zero-order chi connectivity index (χ0) is 13.7. The molecule has 0 spiro atoms. The van der Waals surface area contributed by atoms with Gasteiger partial charge in [-0.3, -0.25) is 0 Å². The second kappa shape index (κ2) is 6.95. The van der Waals surface area contributed by atoms with Gasteiger partial charge in [-0.05, 0) is 54.8 Å². The number of hydrogen-bond donors (Lipinski definition) is 1. The zero-order valence-electron chi connectivity index (χ0n) is 12.3. The first-order valence-corrected chi connectivity index (χ1v) is 7.64. The van der Waals surface area contributed by atoms with Gasteiger partial charge in [0.25, 0.3) is 0 Å². The first-order chi connectivity index (χ1) is 9.26. The van der Waals surface area contributed by atoms with Crippen LogP contribution in [0.5, 0.6) is 5.75 Å². The molecule has 1 unspecified atom stereocenters. The summed E-state index contributed by atoms with van der Waals surface area (Å²) in [4.78, 5) is 0. The number of rotatable bonds is 5. The normalized spacial score (nSPS) is 18.3. The van der Waals surface area contributed by atoms with Crippen molar-refractivity contribution in [3.63, 3.8) is 0 Å². The lowest BCUT2D eigenvalue weighted by Gasteiger charge is -2.24. The van der Waals surface area contributed by atoms with E-state index in [4.69, 9.17) is 10.5 Å². The van der Waals surface area contributed by atoms with Gasteiger partial charge in [0.05, 0.1) is 7.11 Å². The van der Waals surface area contributed by atoms with E-state index in [2.05, 4.69) is 25.1 Å². The van der Waals surface area contributed by atoms with Gasteiger partial charge in [0.2, 0.25) is 0 Å². The molecule has 0 saturated heterocycles. The van der Waals surface area contributed by atoms with Crippen LogP contribution in [-0.4, -0.2) is 13.7 Å². The van der Waals surface area contributed by atoms with Gasteiger partial charge in [-0.2, -0.15) is 0 Å². The third-order valence-electron chi connectivity index (χ3n) is 4.46. The molecule has 1 aromatic rings. The fraction of sp³-hybridized carbons (Fsp3) is 0.647. The maximum Gasteiger partial charge on any atom is 0.122 e. The van der Waals surface area contributed by atoms with Crippen LogP contribution in [0.2, 0.25) is 0 Å². The van der Waals surface area contributed by atoms with Crippen LogP contribution in [0.15, 0.2) is 18.2 Å². The second-order valence-corrected chi connectivity index (χ2v) is 5.81. The van der Waals surface area contributed by atoms with Crippen molar-refractivity contribution in [2.24, 2.45) is 5.73 Å². The first-order valence-electron chi connectivity index (χ1n) is 7.64. The smallest absolute Gasteiger partial charge is 0.122 e. The van der Waals surface area contributed by atoms with Gasteiger partial charge in [-0.15, -0.1) is 0 Å². The van der Waals surface area contributed by atoms with E-state index >= 15 is 0 Å². The monoisotopic (exact) mass is 261 g/mol. The molecule has 1 aromatic carbocycles. The third-order valence-corrected chi connectivity index (χ3v) is 4.46. The lowest BCUT2D eigenvalue weighted by atomic mass is 9.82. The average Bonchev–Trinajstić information content (AvgIpc) is 2.47. The highest BCUT2D eigenvalue weighted by Gasteiger charge is 2.18. The minimum absolute atomic E-state index is 0.475. The lowest BCUT2D eigenvalue weighted by Crippen LogP contribution is -2.08. The van der Waals surface area contributed by atoms with Gasteiger partial charge >= 0.3 is 0 Å². The number of hydrogen-bond acceptors (Lipinski definition) is 2. The molecule has 2 N–H and O–H groups in total.